The van der Waals surface area contributed by atoms with Crippen molar-refractivity contribution in [2.45, 2.75) is 12.8 Å². The van der Waals surface area contributed by atoms with Crippen molar-refractivity contribution in [2.75, 3.05) is 0 Å². The second kappa shape index (κ2) is 2.52. The van der Waals surface area contributed by atoms with Crippen LogP contribution in [0.25, 0.3) is 0 Å². The number of benzene rings is 1. The van der Waals surface area contributed by atoms with Crippen LogP contribution in [0.15, 0.2) is 23.4 Å². The quantitative estimate of drug-likeness (QED) is 0.450. The van der Waals surface area contributed by atoms with E-state index in [0.29, 0.717) is 17.9 Å². The Labute approximate surface area is 70.0 Å². The average Bonchev–Trinajstić information content (AvgIpc) is 2.49. The lowest BCUT2D eigenvalue weighted by molar-refractivity contribution is 0.318. The van der Waals surface area contributed by atoms with Gasteiger partial charge in [-0.25, -0.2) is 0 Å². The zero-order valence-electron chi connectivity index (χ0n) is 6.49. The molecule has 1 aliphatic rings. The minimum Gasteiger partial charge on any atom is -0.508 e. The molecular weight excluding hydrogens is 154 g/mol. The molecule has 0 radical (unpaired) electrons. The summed E-state index contributed by atoms with van der Waals surface area (Å²) in [6, 6.07) is 5.26. The Hall–Kier alpha value is -1.51. The van der Waals surface area contributed by atoms with Gasteiger partial charge in [-0.05, 0) is 18.9 Å². The first-order valence-electron chi connectivity index (χ1n) is 3.85. The van der Waals surface area contributed by atoms with Gasteiger partial charge in [0.25, 0.3) is 0 Å². The Balaban J connectivity index is 2.61. The highest BCUT2D eigenvalue weighted by atomic mass is 16.4. The van der Waals surface area contributed by atoms with Crippen LogP contribution in [-0.2, 0) is 6.42 Å². The van der Waals surface area contributed by atoms with Gasteiger partial charge in [-0.3, -0.25) is 0 Å². The van der Waals surface area contributed by atoms with Gasteiger partial charge in [0.15, 0.2) is 0 Å². The van der Waals surface area contributed by atoms with Crippen molar-refractivity contribution in [3.05, 3.63) is 29.3 Å². The van der Waals surface area contributed by atoms with E-state index in [2.05, 4.69) is 5.16 Å². The zero-order valence-corrected chi connectivity index (χ0v) is 6.49. The molecule has 1 aromatic rings. The summed E-state index contributed by atoms with van der Waals surface area (Å²) >= 11 is 0. The number of hydrogen-bond donors (Lipinski definition) is 2. The van der Waals surface area contributed by atoms with Gasteiger partial charge in [-0.15, -0.1) is 0 Å². The molecule has 1 aliphatic carbocycles. The fourth-order valence-electron chi connectivity index (χ4n) is 1.59. The SMILES string of the molecule is O/N=C1/CCc2c(O)cccc21. The number of aromatic hydroxyl groups is 1. The molecule has 3 heteroatoms. The van der Waals surface area contributed by atoms with Crippen LogP contribution >= 0.6 is 0 Å². The average molecular weight is 163 g/mol. The van der Waals surface area contributed by atoms with Crippen LogP contribution in [-0.4, -0.2) is 16.0 Å². The molecule has 0 fully saturated rings. The van der Waals surface area contributed by atoms with Gasteiger partial charge in [0, 0.05) is 11.1 Å². The third-order valence-electron chi connectivity index (χ3n) is 2.19. The lowest BCUT2D eigenvalue weighted by Gasteiger charge is -1.99. The van der Waals surface area contributed by atoms with E-state index in [0.717, 1.165) is 17.5 Å². The van der Waals surface area contributed by atoms with Crippen molar-refractivity contribution in [1.82, 2.24) is 0 Å². The maximum atomic E-state index is 9.41. The van der Waals surface area contributed by atoms with Crippen LogP contribution in [0.4, 0.5) is 0 Å². The molecule has 0 saturated carbocycles. The third-order valence-corrected chi connectivity index (χ3v) is 2.19. The second-order valence-corrected chi connectivity index (χ2v) is 2.85. The number of rotatable bonds is 0. The lowest BCUT2D eigenvalue weighted by Crippen LogP contribution is -1.92. The van der Waals surface area contributed by atoms with E-state index in [9.17, 15) is 5.11 Å². The summed E-state index contributed by atoms with van der Waals surface area (Å²) in [4.78, 5) is 0. The first-order valence-corrected chi connectivity index (χ1v) is 3.85. The number of phenols is 1. The minimum atomic E-state index is 0.297. The van der Waals surface area contributed by atoms with Crippen molar-refractivity contribution in [2.24, 2.45) is 5.16 Å². The largest absolute Gasteiger partial charge is 0.508 e. The van der Waals surface area contributed by atoms with Crippen molar-refractivity contribution < 1.29 is 10.3 Å². The molecule has 0 heterocycles. The highest BCUT2D eigenvalue weighted by Gasteiger charge is 2.20. The van der Waals surface area contributed by atoms with E-state index < -0.39 is 0 Å². The Morgan fingerprint density at radius 2 is 2.08 bits per heavy atom. The van der Waals surface area contributed by atoms with Crippen LogP contribution in [0.3, 0.4) is 0 Å². The molecule has 2 N–H and O–H groups in total. The van der Waals surface area contributed by atoms with Crippen molar-refractivity contribution in [3.63, 3.8) is 0 Å². The fraction of sp³-hybridized carbons (Fsp3) is 0.222. The maximum Gasteiger partial charge on any atom is 0.119 e. The van der Waals surface area contributed by atoms with Gasteiger partial charge >= 0.3 is 0 Å². The predicted molar refractivity (Wildman–Crippen MR) is 44.8 cm³/mol. The highest BCUT2D eigenvalue weighted by Crippen LogP contribution is 2.29. The smallest absolute Gasteiger partial charge is 0.119 e. The molecule has 0 spiro atoms. The van der Waals surface area contributed by atoms with E-state index in [4.69, 9.17) is 5.21 Å². The molecule has 1 aromatic carbocycles. The van der Waals surface area contributed by atoms with Crippen LogP contribution in [0.2, 0.25) is 0 Å². The van der Waals surface area contributed by atoms with Crippen molar-refractivity contribution in [3.8, 4) is 5.75 Å². The van der Waals surface area contributed by atoms with Gasteiger partial charge in [-0.1, -0.05) is 17.3 Å². The number of fused-ring (bicyclic) bond motifs is 1. The van der Waals surface area contributed by atoms with Crippen molar-refractivity contribution in [1.29, 1.82) is 0 Å². The normalized spacial score (nSPS) is 18.2. The molecular formula is C9H9NO2. The van der Waals surface area contributed by atoms with Gasteiger partial charge in [0.1, 0.15) is 5.75 Å². The first-order chi connectivity index (χ1) is 5.83. The summed E-state index contributed by atoms with van der Waals surface area (Å²) in [6.07, 6.45) is 1.48. The molecule has 3 nitrogen and oxygen atoms in total. The molecule has 0 aromatic heterocycles. The summed E-state index contributed by atoms with van der Waals surface area (Å²) < 4.78 is 0. The van der Waals surface area contributed by atoms with Crippen LogP contribution in [0.1, 0.15) is 17.5 Å². The maximum absolute atomic E-state index is 9.41. The number of hydrogen-bond acceptors (Lipinski definition) is 3. The van der Waals surface area contributed by atoms with Gasteiger partial charge in [0.2, 0.25) is 0 Å². The predicted octanol–water partition coefficient (Wildman–Crippen LogP) is 1.52. The topological polar surface area (TPSA) is 52.8 Å². The molecule has 0 unspecified atom stereocenters. The standard InChI is InChI=1S/C9H9NO2/c11-9-3-1-2-6-7(9)4-5-8(6)10-12/h1-3,11-12H,4-5H2/b10-8-. The summed E-state index contributed by atoms with van der Waals surface area (Å²) in [6.45, 7) is 0. The number of oxime groups is 1. The van der Waals surface area contributed by atoms with E-state index in [1.807, 2.05) is 6.07 Å². The molecule has 0 atom stereocenters. The van der Waals surface area contributed by atoms with Gasteiger partial charge < -0.3 is 10.3 Å². The molecule has 0 saturated heterocycles. The van der Waals surface area contributed by atoms with E-state index >= 15 is 0 Å². The van der Waals surface area contributed by atoms with Gasteiger partial charge in [-0.2, -0.15) is 0 Å². The fourth-order valence-corrected chi connectivity index (χ4v) is 1.59. The molecule has 12 heavy (non-hydrogen) atoms. The number of nitrogens with zero attached hydrogens (tertiary/aromatic N) is 1. The summed E-state index contributed by atoms with van der Waals surface area (Å²) in [5, 5.41) is 21.2. The summed E-state index contributed by atoms with van der Waals surface area (Å²) in [5.74, 6) is 0.297. The monoisotopic (exact) mass is 163 g/mol. The van der Waals surface area contributed by atoms with Crippen LogP contribution < -0.4 is 0 Å². The van der Waals surface area contributed by atoms with Crippen LogP contribution in [0, 0.1) is 0 Å². The number of phenolic OH excluding ortho intramolecular Hbond substituents is 1. The third kappa shape index (κ3) is 0.863. The Morgan fingerprint density at radius 3 is 2.83 bits per heavy atom. The highest BCUT2D eigenvalue weighted by molar-refractivity contribution is 6.04. The van der Waals surface area contributed by atoms with Crippen LogP contribution in [0.5, 0.6) is 5.75 Å². The molecule has 0 amide bonds. The molecule has 2 rings (SSSR count). The Bertz CT molecular complexity index is 344. The minimum absolute atomic E-state index is 0.297. The zero-order chi connectivity index (χ0) is 8.55. The van der Waals surface area contributed by atoms with E-state index in [1.165, 1.54) is 0 Å². The lowest BCUT2D eigenvalue weighted by atomic mass is 10.1. The second-order valence-electron chi connectivity index (χ2n) is 2.85. The Kier molecular flexibility index (Phi) is 1.50. The van der Waals surface area contributed by atoms with Crippen molar-refractivity contribution >= 4 is 5.71 Å². The molecule has 0 aliphatic heterocycles. The summed E-state index contributed by atoms with van der Waals surface area (Å²) in [5.41, 5.74) is 2.43. The van der Waals surface area contributed by atoms with E-state index in [1.54, 1.807) is 12.1 Å². The molecule has 0 bridgehead atoms. The van der Waals surface area contributed by atoms with Gasteiger partial charge in [0.05, 0.1) is 5.71 Å². The molecule has 62 valence electrons. The Morgan fingerprint density at radius 1 is 1.25 bits per heavy atom. The summed E-state index contributed by atoms with van der Waals surface area (Å²) in [7, 11) is 0. The van der Waals surface area contributed by atoms with E-state index in [-0.39, 0.29) is 0 Å². The first kappa shape index (κ1) is 7.16.